The van der Waals surface area contributed by atoms with Gasteiger partial charge in [-0.25, -0.2) is 0 Å². The first-order chi connectivity index (χ1) is 17.6. The zero-order valence-corrected chi connectivity index (χ0v) is 22.2. The van der Waals surface area contributed by atoms with Crippen molar-refractivity contribution in [2.75, 3.05) is 4.90 Å². The van der Waals surface area contributed by atoms with E-state index in [0.717, 1.165) is 11.3 Å². The smallest absolute Gasteiger partial charge is 0.180 e. The molecule has 2 aliphatic heterocycles. The third-order valence-electron chi connectivity index (χ3n) is 7.98. The monoisotopic (exact) mass is 529 g/mol. The van der Waals surface area contributed by atoms with Crippen LogP contribution in [0, 0.1) is 10.8 Å². The fraction of sp³-hybridized carbons (Fsp3) is 0.258. The summed E-state index contributed by atoms with van der Waals surface area (Å²) in [6.07, 6.45) is 3.81. The second-order valence-electron chi connectivity index (χ2n) is 11.1. The van der Waals surface area contributed by atoms with Crippen molar-refractivity contribution in [2.45, 2.75) is 38.8 Å². The Bertz CT molecular complexity index is 1500. The Morgan fingerprint density at radius 3 is 2.14 bits per heavy atom. The first kappa shape index (κ1) is 24.1. The number of rotatable bonds is 2. The van der Waals surface area contributed by atoms with Crippen LogP contribution < -0.4 is 4.90 Å². The van der Waals surface area contributed by atoms with Gasteiger partial charge in [0.05, 0.1) is 12.1 Å². The SMILES string of the molecule is CC(C)(C)C(=O)[C@@H]1[C@@H](c2cccc(Cl)c2)C2(C(=O)c3ccccc3C2=O)C2C=Cc3cc(Cl)ccc3N21. The molecule has 0 saturated carbocycles. The molecule has 1 unspecified atom stereocenters. The number of hydrogen-bond acceptors (Lipinski definition) is 4. The van der Waals surface area contributed by atoms with E-state index in [1.807, 2.05) is 62.1 Å². The Hall–Kier alpha value is -3.21. The van der Waals surface area contributed by atoms with E-state index in [0.29, 0.717) is 26.7 Å². The molecule has 0 bridgehead atoms. The maximum absolute atomic E-state index is 14.5. The number of halogens is 2. The lowest BCUT2D eigenvalue weighted by Gasteiger charge is -2.38. The third-order valence-corrected chi connectivity index (χ3v) is 8.45. The second-order valence-corrected chi connectivity index (χ2v) is 12.0. The van der Waals surface area contributed by atoms with Crippen LogP contribution in [0.25, 0.3) is 6.08 Å². The lowest BCUT2D eigenvalue weighted by molar-refractivity contribution is -0.127. The maximum atomic E-state index is 14.5. The molecule has 3 atom stereocenters. The normalized spacial score (nSPS) is 23.3. The van der Waals surface area contributed by atoms with Crippen molar-refractivity contribution in [2.24, 2.45) is 10.8 Å². The van der Waals surface area contributed by atoms with Gasteiger partial charge in [0.15, 0.2) is 17.3 Å². The highest BCUT2D eigenvalue weighted by molar-refractivity contribution is 6.33. The molecule has 1 saturated heterocycles. The van der Waals surface area contributed by atoms with Gasteiger partial charge < -0.3 is 4.90 Å². The van der Waals surface area contributed by atoms with Gasteiger partial charge in [0, 0.05) is 38.2 Å². The zero-order valence-electron chi connectivity index (χ0n) is 20.7. The number of anilines is 1. The fourth-order valence-corrected chi connectivity index (χ4v) is 6.84. The van der Waals surface area contributed by atoms with Crippen LogP contribution in [0.5, 0.6) is 0 Å². The quantitative estimate of drug-likeness (QED) is 0.334. The van der Waals surface area contributed by atoms with Crippen molar-refractivity contribution < 1.29 is 14.4 Å². The Morgan fingerprint density at radius 2 is 1.51 bits per heavy atom. The molecule has 1 spiro atoms. The first-order valence-corrected chi connectivity index (χ1v) is 13.1. The topological polar surface area (TPSA) is 54.5 Å². The summed E-state index contributed by atoms with van der Waals surface area (Å²) in [5.41, 5.74) is 0.865. The van der Waals surface area contributed by atoms with Crippen molar-refractivity contribution >= 4 is 52.3 Å². The summed E-state index contributed by atoms with van der Waals surface area (Å²) in [6, 6.07) is 18.2. The molecule has 1 aliphatic carbocycles. The van der Waals surface area contributed by atoms with Crippen LogP contribution in [0.4, 0.5) is 5.69 Å². The van der Waals surface area contributed by atoms with Gasteiger partial charge >= 0.3 is 0 Å². The molecule has 0 aromatic heterocycles. The average molecular weight is 530 g/mol. The predicted octanol–water partition coefficient (Wildman–Crippen LogP) is 7.04. The number of ketones is 3. The number of carbonyl (C=O) groups is 3. The van der Waals surface area contributed by atoms with Gasteiger partial charge in [0.1, 0.15) is 5.41 Å². The highest BCUT2D eigenvalue weighted by atomic mass is 35.5. The maximum Gasteiger partial charge on any atom is 0.180 e. The number of fused-ring (bicyclic) bond motifs is 5. The van der Waals surface area contributed by atoms with E-state index in [2.05, 4.69) is 0 Å². The largest absolute Gasteiger partial charge is 0.352 e. The average Bonchev–Trinajstić information content (AvgIpc) is 3.29. The molecule has 37 heavy (non-hydrogen) atoms. The van der Waals surface area contributed by atoms with Crippen LogP contribution in [0.1, 0.15) is 58.5 Å². The molecule has 3 aliphatic rings. The predicted molar refractivity (Wildman–Crippen MR) is 147 cm³/mol. The number of carbonyl (C=O) groups excluding carboxylic acids is 3. The van der Waals surface area contributed by atoms with E-state index in [1.54, 1.807) is 42.5 Å². The van der Waals surface area contributed by atoms with Gasteiger partial charge in [-0.2, -0.15) is 0 Å². The molecule has 2 heterocycles. The fourth-order valence-electron chi connectivity index (χ4n) is 6.46. The third kappa shape index (κ3) is 3.25. The number of Topliss-reactive ketones (excluding diaryl/α,β-unsaturated/α-hetero) is 3. The molecule has 3 aromatic rings. The molecule has 0 amide bonds. The lowest BCUT2D eigenvalue weighted by atomic mass is 9.63. The molecular formula is C31H25Cl2NO3. The van der Waals surface area contributed by atoms with Gasteiger partial charge in [0.25, 0.3) is 0 Å². The van der Waals surface area contributed by atoms with Crippen molar-refractivity contribution in [1.29, 1.82) is 0 Å². The molecule has 6 heteroatoms. The highest BCUT2D eigenvalue weighted by Crippen LogP contribution is 2.61. The number of nitrogens with zero attached hydrogens (tertiary/aromatic N) is 1. The molecule has 0 N–H and O–H groups in total. The standard InChI is InChI=1S/C31H25Cl2NO3/c1-30(2,3)29(37)26-25(18-7-6-8-19(32)16-18)31(27(35)21-9-4-5-10-22(21)28(31)36)24-14-11-17-15-20(33)12-13-23(17)34(24)26/h4-16,24-26H,1-3H3/t24?,25-,26+/m1/s1. The number of hydrogen-bond donors (Lipinski definition) is 0. The molecule has 0 radical (unpaired) electrons. The van der Waals surface area contributed by atoms with Crippen LogP contribution in [0.2, 0.25) is 10.0 Å². The van der Waals surface area contributed by atoms with Crippen LogP contribution in [0.15, 0.2) is 72.8 Å². The van der Waals surface area contributed by atoms with Crippen LogP contribution in [-0.4, -0.2) is 29.4 Å². The van der Waals surface area contributed by atoms with Crippen molar-refractivity contribution in [3.63, 3.8) is 0 Å². The van der Waals surface area contributed by atoms with E-state index in [-0.39, 0.29) is 17.3 Å². The van der Waals surface area contributed by atoms with Crippen molar-refractivity contribution in [3.8, 4) is 0 Å². The minimum absolute atomic E-state index is 0.0490. The van der Waals surface area contributed by atoms with Crippen LogP contribution in [-0.2, 0) is 4.79 Å². The molecule has 3 aromatic carbocycles. The second kappa shape index (κ2) is 8.14. The van der Waals surface area contributed by atoms with Gasteiger partial charge in [-0.3, -0.25) is 14.4 Å². The lowest BCUT2D eigenvalue weighted by Crippen LogP contribution is -2.49. The van der Waals surface area contributed by atoms with Crippen LogP contribution >= 0.6 is 23.2 Å². The summed E-state index contributed by atoms with van der Waals surface area (Å²) in [7, 11) is 0. The van der Waals surface area contributed by atoms with E-state index in [1.165, 1.54) is 0 Å². The van der Waals surface area contributed by atoms with E-state index >= 15 is 0 Å². The molecule has 4 nitrogen and oxygen atoms in total. The van der Waals surface area contributed by atoms with Gasteiger partial charge in [-0.15, -0.1) is 0 Å². The summed E-state index contributed by atoms with van der Waals surface area (Å²) in [4.78, 5) is 45.3. The van der Waals surface area contributed by atoms with Gasteiger partial charge in [0.2, 0.25) is 0 Å². The minimum atomic E-state index is -1.52. The van der Waals surface area contributed by atoms with Crippen molar-refractivity contribution in [1.82, 2.24) is 0 Å². The molecule has 186 valence electrons. The Labute approximate surface area is 225 Å². The summed E-state index contributed by atoms with van der Waals surface area (Å²) in [5.74, 6) is -1.30. The minimum Gasteiger partial charge on any atom is -0.352 e. The summed E-state index contributed by atoms with van der Waals surface area (Å²) < 4.78 is 0. The summed E-state index contributed by atoms with van der Waals surface area (Å²) >= 11 is 12.8. The number of benzene rings is 3. The summed E-state index contributed by atoms with van der Waals surface area (Å²) in [6.45, 7) is 5.62. The van der Waals surface area contributed by atoms with Crippen molar-refractivity contribution in [3.05, 3.63) is 105 Å². The Morgan fingerprint density at radius 1 is 0.865 bits per heavy atom. The molecule has 1 fully saturated rings. The van der Waals surface area contributed by atoms with Gasteiger partial charge in [-0.1, -0.05) is 92.5 Å². The molecule has 6 rings (SSSR count). The molecular weight excluding hydrogens is 505 g/mol. The zero-order chi connectivity index (χ0) is 26.3. The van der Waals surface area contributed by atoms with Crippen LogP contribution in [0.3, 0.4) is 0 Å². The van der Waals surface area contributed by atoms with Gasteiger partial charge in [-0.05, 0) is 41.5 Å². The van der Waals surface area contributed by atoms with E-state index in [4.69, 9.17) is 23.2 Å². The first-order valence-electron chi connectivity index (χ1n) is 12.3. The Balaban J connectivity index is 1.71. The highest BCUT2D eigenvalue weighted by Gasteiger charge is 2.71. The van der Waals surface area contributed by atoms with E-state index in [9.17, 15) is 14.4 Å². The van der Waals surface area contributed by atoms with E-state index < -0.39 is 28.8 Å². The Kier molecular flexibility index (Phi) is 5.31. The summed E-state index contributed by atoms with van der Waals surface area (Å²) in [5, 5.41) is 1.05.